The van der Waals surface area contributed by atoms with Gasteiger partial charge in [0.2, 0.25) is 5.91 Å². The van der Waals surface area contributed by atoms with Gasteiger partial charge in [0.15, 0.2) is 0 Å². The SMILES string of the molecule is O=C(N[C@H](Cc1ccc(F)cc1)C(=O)O)C1CCCCC1. The molecule has 0 saturated heterocycles. The average molecular weight is 293 g/mol. The number of carbonyl (C=O) groups excluding carboxylic acids is 1. The second-order valence-electron chi connectivity index (χ2n) is 5.56. The number of carboxylic acids is 1. The molecule has 114 valence electrons. The molecule has 0 aliphatic heterocycles. The van der Waals surface area contributed by atoms with Crippen molar-refractivity contribution in [3.05, 3.63) is 35.6 Å². The summed E-state index contributed by atoms with van der Waals surface area (Å²) in [5.41, 5.74) is 0.688. The van der Waals surface area contributed by atoms with Crippen LogP contribution in [0, 0.1) is 11.7 Å². The van der Waals surface area contributed by atoms with E-state index >= 15 is 0 Å². The van der Waals surface area contributed by atoms with Gasteiger partial charge in [-0.15, -0.1) is 0 Å². The Bertz CT molecular complexity index is 495. The molecule has 0 aromatic heterocycles. The van der Waals surface area contributed by atoms with Gasteiger partial charge in [-0.05, 0) is 30.5 Å². The van der Waals surface area contributed by atoms with E-state index in [-0.39, 0.29) is 24.1 Å². The first-order valence-electron chi connectivity index (χ1n) is 7.34. The van der Waals surface area contributed by atoms with Gasteiger partial charge >= 0.3 is 5.97 Å². The van der Waals surface area contributed by atoms with Crippen LogP contribution in [0.2, 0.25) is 0 Å². The van der Waals surface area contributed by atoms with Gasteiger partial charge in [0, 0.05) is 12.3 Å². The summed E-state index contributed by atoms with van der Waals surface area (Å²) in [5, 5.41) is 11.9. The summed E-state index contributed by atoms with van der Waals surface area (Å²) in [5.74, 6) is -1.68. The van der Waals surface area contributed by atoms with Crippen LogP contribution in [0.25, 0.3) is 0 Å². The molecule has 5 heteroatoms. The quantitative estimate of drug-likeness (QED) is 0.876. The summed E-state index contributed by atoms with van der Waals surface area (Å²) in [6.07, 6.45) is 5.00. The zero-order chi connectivity index (χ0) is 15.2. The zero-order valence-electron chi connectivity index (χ0n) is 11.8. The lowest BCUT2D eigenvalue weighted by Gasteiger charge is -2.23. The Morgan fingerprint density at radius 1 is 1.19 bits per heavy atom. The average Bonchev–Trinajstić information content (AvgIpc) is 2.49. The maximum Gasteiger partial charge on any atom is 0.326 e. The number of hydrogen-bond donors (Lipinski definition) is 2. The Morgan fingerprint density at radius 2 is 1.81 bits per heavy atom. The fraction of sp³-hybridized carbons (Fsp3) is 0.500. The van der Waals surface area contributed by atoms with Gasteiger partial charge in [-0.3, -0.25) is 4.79 Å². The molecule has 1 saturated carbocycles. The number of nitrogens with one attached hydrogen (secondary N) is 1. The molecule has 1 aromatic carbocycles. The lowest BCUT2D eigenvalue weighted by molar-refractivity contribution is -0.142. The number of halogens is 1. The van der Waals surface area contributed by atoms with Crippen LogP contribution in [0.3, 0.4) is 0 Å². The highest BCUT2D eigenvalue weighted by Gasteiger charge is 2.26. The highest BCUT2D eigenvalue weighted by atomic mass is 19.1. The fourth-order valence-corrected chi connectivity index (χ4v) is 2.71. The summed E-state index contributed by atoms with van der Waals surface area (Å²) in [6, 6.07) is 4.69. The van der Waals surface area contributed by atoms with Crippen LogP contribution in [-0.2, 0) is 16.0 Å². The molecule has 1 atom stereocenters. The fourth-order valence-electron chi connectivity index (χ4n) is 2.71. The van der Waals surface area contributed by atoms with Gasteiger partial charge in [-0.1, -0.05) is 31.4 Å². The third-order valence-electron chi connectivity index (χ3n) is 3.94. The van der Waals surface area contributed by atoms with Crippen molar-refractivity contribution in [1.29, 1.82) is 0 Å². The van der Waals surface area contributed by atoms with Crippen molar-refractivity contribution in [2.45, 2.75) is 44.6 Å². The molecule has 4 nitrogen and oxygen atoms in total. The summed E-state index contributed by atoms with van der Waals surface area (Å²) >= 11 is 0. The second kappa shape index (κ2) is 7.20. The molecule has 21 heavy (non-hydrogen) atoms. The molecule has 0 heterocycles. The minimum Gasteiger partial charge on any atom is -0.480 e. The van der Waals surface area contributed by atoms with Gasteiger partial charge in [0.1, 0.15) is 11.9 Å². The first kappa shape index (κ1) is 15.5. The zero-order valence-corrected chi connectivity index (χ0v) is 11.8. The van der Waals surface area contributed by atoms with Crippen molar-refractivity contribution in [3.63, 3.8) is 0 Å². The molecule has 1 fully saturated rings. The van der Waals surface area contributed by atoms with Crippen molar-refractivity contribution in [2.75, 3.05) is 0 Å². The summed E-state index contributed by atoms with van der Waals surface area (Å²) in [7, 11) is 0. The molecule has 1 aromatic rings. The Morgan fingerprint density at radius 3 is 2.38 bits per heavy atom. The van der Waals surface area contributed by atoms with Crippen LogP contribution in [0.5, 0.6) is 0 Å². The molecule has 1 amide bonds. The maximum atomic E-state index is 12.8. The minimum absolute atomic E-state index is 0.0752. The van der Waals surface area contributed by atoms with E-state index in [9.17, 15) is 19.1 Å². The predicted molar refractivity (Wildman–Crippen MR) is 76.2 cm³/mol. The maximum absolute atomic E-state index is 12.8. The number of benzene rings is 1. The van der Waals surface area contributed by atoms with Gasteiger partial charge < -0.3 is 10.4 Å². The van der Waals surface area contributed by atoms with E-state index in [1.165, 1.54) is 24.3 Å². The first-order chi connectivity index (χ1) is 10.1. The Kier molecular flexibility index (Phi) is 5.31. The Balaban J connectivity index is 1.96. The van der Waals surface area contributed by atoms with Gasteiger partial charge in [-0.25, -0.2) is 9.18 Å². The molecule has 1 aliphatic rings. The molecule has 1 aliphatic carbocycles. The van der Waals surface area contributed by atoms with Crippen LogP contribution >= 0.6 is 0 Å². The smallest absolute Gasteiger partial charge is 0.326 e. The van der Waals surface area contributed by atoms with Crippen molar-refractivity contribution >= 4 is 11.9 Å². The highest BCUT2D eigenvalue weighted by molar-refractivity contribution is 5.85. The summed E-state index contributed by atoms with van der Waals surface area (Å²) in [4.78, 5) is 23.4. The second-order valence-corrected chi connectivity index (χ2v) is 5.56. The van der Waals surface area contributed by atoms with Gasteiger partial charge in [0.05, 0.1) is 0 Å². The van der Waals surface area contributed by atoms with Crippen molar-refractivity contribution in [2.24, 2.45) is 5.92 Å². The minimum atomic E-state index is -1.07. The molecular formula is C16H20FNO3. The molecule has 0 bridgehead atoms. The predicted octanol–water partition coefficient (Wildman–Crippen LogP) is 2.52. The largest absolute Gasteiger partial charge is 0.480 e. The number of aliphatic carboxylic acids is 1. The van der Waals surface area contributed by atoms with E-state index in [1.807, 2.05) is 0 Å². The third kappa shape index (κ3) is 4.55. The summed E-state index contributed by atoms with van der Waals surface area (Å²) < 4.78 is 12.8. The molecular weight excluding hydrogens is 273 g/mol. The third-order valence-corrected chi connectivity index (χ3v) is 3.94. The topological polar surface area (TPSA) is 66.4 Å². The molecule has 2 N–H and O–H groups in total. The number of amides is 1. The van der Waals surface area contributed by atoms with E-state index < -0.39 is 12.0 Å². The van der Waals surface area contributed by atoms with E-state index in [2.05, 4.69) is 5.32 Å². The van der Waals surface area contributed by atoms with E-state index in [1.54, 1.807) is 0 Å². The Labute approximate surface area is 123 Å². The van der Waals surface area contributed by atoms with Crippen molar-refractivity contribution in [3.8, 4) is 0 Å². The monoisotopic (exact) mass is 293 g/mol. The van der Waals surface area contributed by atoms with Crippen LogP contribution in [0.4, 0.5) is 4.39 Å². The van der Waals surface area contributed by atoms with Crippen LogP contribution < -0.4 is 5.32 Å². The number of carbonyl (C=O) groups is 2. The van der Waals surface area contributed by atoms with Crippen molar-refractivity contribution in [1.82, 2.24) is 5.32 Å². The van der Waals surface area contributed by atoms with Gasteiger partial charge in [0.25, 0.3) is 0 Å². The van der Waals surface area contributed by atoms with Crippen LogP contribution in [0.1, 0.15) is 37.7 Å². The van der Waals surface area contributed by atoms with E-state index in [0.717, 1.165) is 32.1 Å². The first-order valence-corrected chi connectivity index (χ1v) is 7.34. The standard InChI is InChI=1S/C16H20FNO3/c17-13-8-6-11(7-9-13)10-14(16(20)21)18-15(19)12-4-2-1-3-5-12/h6-9,12,14H,1-5,10H2,(H,18,19)(H,20,21)/t14-/m1/s1. The van der Waals surface area contributed by atoms with Crippen molar-refractivity contribution < 1.29 is 19.1 Å². The number of rotatable bonds is 5. The number of carboxylic acid groups (broad SMARTS) is 1. The molecule has 2 rings (SSSR count). The lowest BCUT2D eigenvalue weighted by Crippen LogP contribution is -2.45. The van der Waals surface area contributed by atoms with Crippen LogP contribution in [0.15, 0.2) is 24.3 Å². The normalized spacial score (nSPS) is 17.2. The van der Waals surface area contributed by atoms with E-state index in [0.29, 0.717) is 5.56 Å². The Hall–Kier alpha value is -1.91. The highest BCUT2D eigenvalue weighted by Crippen LogP contribution is 2.23. The van der Waals surface area contributed by atoms with Crippen LogP contribution in [-0.4, -0.2) is 23.0 Å². The molecule has 0 radical (unpaired) electrons. The summed E-state index contributed by atoms with van der Waals surface area (Å²) in [6.45, 7) is 0. The molecule has 0 spiro atoms. The number of hydrogen-bond acceptors (Lipinski definition) is 2. The van der Waals surface area contributed by atoms with E-state index in [4.69, 9.17) is 0 Å². The molecule has 0 unspecified atom stereocenters. The lowest BCUT2D eigenvalue weighted by atomic mass is 9.88. The van der Waals surface area contributed by atoms with Gasteiger partial charge in [-0.2, -0.15) is 0 Å².